The summed E-state index contributed by atoms with van der Waals surface area (Å²) in [4.78, 5) is 11.3. The van der Waals surface area contributed by atoms with E-state index in [1.165, 1.54) is 6.92 Å². The van der Waals surface area contributed by atoms with Gasteiger partial charge in [-0.15, -0.1) is 0 Å². The third kappa shape index (κ3) is 4.85. The molecule has 3 N–H and O–H groups in total. The van der Waals surface area contributed by atoms with E-state index in [-0.39, 0.29) is 30.6 Å². The van der Waals surface area contributed by atoms with E-state index < -0.39 is 41.7 Å². The first kappa shape index (κ1) is 19.5. The summed E-state index contributed by atoms with van der Waals surface area (Å²) in [6, 6.07) is 0.177. The predicted octanol–water partition coefficient (Wildman–Crippen LogP) is 3.02. The van der Waals surface area contributed by atoms with Crippen LogP contribution in [0.4, 0.5) is 26.3 Å². The van der Waals surface area contributed by atoms with Crippen molar-refractivity contribution in [3.8, 4) is 0 Å². The Kier molecular flexibility index (Phi) is 5.33. The first-order chi connectivity index (χ1) is 11.4. The fourth-order valence-electron chi connectivity index (χ4n) is 2.46. The van der Waals surface area contributed by atoms with Gasteiger partial charge in [0.15, 0.2) is 0 Å². The summed E-state index contributed by atoms with van der Waals surface area (Å²) < 4.78 is 82.4. The summed E-state index contributed by atoms with van der Waals surface area (Å²) in [5.74, 6) is -0.375. The monoisotopic (exact) mass is 370 g/mol. The molecule has 1 saturated heterocycles. The highest BCUT2D eigenvalue weighted by Crippen LogP contribution is 2.37. The van der Waals surface area contributed by atoms with Crippen LogP contribution >= 0.6 is 0 Å². The lowest BCUT2D eigenvalue weighted by Crippen LogP contribution is -2.32. The van der Waals surface area contributed by atoms with E-state index in [4.69, 9.17) is 10.5 Å². The van der Waals surface area contributed by atoms with Gasteiger partial charge in [-0.2, -0.15) is 26.3 Å². The molecule has 4 nitrogen and oxygen atoms in total. The van der Waals surface area contributed by atoms with Gasteiger partial charge < -0.3 is 15.8 Å². The minimum Gasteiger partial charge on any atom is -0.372 e. The molecule has 0 saturated carbocycles. The summed E-state index contributed by atoms with van der Waals surface area (Å²) in [6.45, 7) is 1.27. The van der Waals surface area contributed by atoms with Crippen LogP contribution < -0.4 is 11.1 Å². The topological polar surface area (TPSA) is 64.3 Å². The highest BCUT2D eigenvalue weighted by atomic mass is 19.4. The molecule has 25 heavy (non-hydrogen) atoms. The molecule has 1 aromatic carbocycles. The predicted molar refractivity (Wildman–Crippen MR) is 75.3 cm³/mol. The molecule has 1 amide bonds. The molecular weight excluding hydrogens is 354 g/mol. The summed E-state index contributed by atoms with van der Waals surface area (Å²) in [5, 5.41) is 2.53. The number of ether oxygens (including phenoxy) is 1. The molecule has 1 aliphatic heterocycles. The number of carbonyl (C=O) groups excluding carboxylic acids is 1. The largest absolute Gasteiger partial charge is 0.416 e. The van der Waals surface area contributed by atoms with E-state index in [0.717, 1.165) is 0 Å². The van der Waals surface area contributed by atoms with Crippen molar-refractivity contribution < 1.29 is 35.9 Å². The summed E-state index contributed by atoms with van der Waals surface area (Å²) >= 11 is 0. The van der Waals surface area contributed by atoms with Gasteiger partial charge >= 0.3 is 12.4 Å². The van der Waals surface area contributed by atoms with Gasteiger partial charge in [0.2, 0.25) is 5.91 Å². The van der Waals surface area contributed by atoms with Gasteiger partial charge in [0.25, 0.3) is 0 Å². The molecule has 1 unspecified atom stereocenters. The van der Waals surface area contributed by atoms with E-state index in [2.05, 4.69) is 5.32 Å². The smallest absolute Gasteiger partial charge is 0.372 e. The van der Waals surface area contributed by atoms with Crippen LogP contribution in [-0.2, 0) is 21.9 Å². The maximum absolute atomic E-state index is 12.8. The van der Waals surface area contributed by atoms with E-state index in [1.54, 1.807) is 0 Å². The van der Waals surface area contributed by atoms with Crippen LogP contribution in [-0.4, -0.2) is 24.6 Å². The molecule has 0 spiro atoms. The van der Waals surface area contributed by atoms with Crippen molar-refractivity contribution in [1.82, 2.24) is 5.32 Å². The number of nitrogens with one attached hydrogen (secondary N) is 1. The minimum atomic E-state index is -4.91. The van der Waals surface area contributed by atoms with E-state index in [1.807, 2.05) is 0 Å². The quantitative estimate of drug-likeness (QED) is 0.801. The zero-order chi connectivity index (χ0) is 19.0. The number of rotatable bonds is 4. The number of alkyl halides is 6. The fraction of sp³-hybridized carbons (Fsp3) is 0.533. The Bertz CT molecular complexity index is 612. The van der Waals surface area contributed by atoms with Crippen LogP contribution in [0.25, 0.3) is 0 Å². The Labute approximate surface area is 139 Å². The normalized spacial score (nSPS) is 22.8. The first-order valence-electron chi connectivity index (χ1n) is 7.35. The average Bonchev–Trinajstić information content (AvgIpc) is 2.81. The third-order valence-corrected chi connectivity index (χ3v) is 3.85. The van der Waals surface area contributed by atoms with Crippen LogP contribution in [0.5, 0.6) is 0 Å². The molecule has 0 bridgehead atoms. The third-order valence-electron chi connectivity index (χ3n) is 3.85. The van der Waals surface area contributed by atoms with E-state index in [9.17, 15) is 31.1 Å². The number of nitrogens with two attached hydrogens (primary N) is 1. The van der Waals surface area contributed by atoms with Gasteiger partial charge in [0.1, 0.15) is 0 Å². The molecule has 2 rings (SSSR count). The standard InChI is InChI=1S/C15H16F6N2O2/c1-7(25-6-11-5-12(22)13(24)23-11)8-2-9(14(16,17)18)4-10(3-8)15(19,20)21/h2-4,7,11-12H,5-6,22H2,1H3,(H,23,24)/t7-,11-,12?/m1/s1. The molecule has 140 valence electrons. The highest BCUT2D eigenvalue weighted by Gasteiger charge is 2.37. The van der Waals surface area contributed by atoms with Gasteiger partial charge in [0.05, 0.1) is 35.9 Å². The number of hydrogen-bond donors (Lipinski definition) is 2. The molecule has 0 aromatic heterocycles. The second-order valence-electron chi connectivity index (χ2n) is 5.86. The number of hydrogen-bond acceptors (Lipinski definition) is 3. The second kappa shape index (κ2) is 6.83. The Morgan fingerprint density at radius 2 is 1.68 bits per heavy atom. The van der Waals surface area contributed by atoms with Crippen molar-refractivity contribution in [1.29, 1.82) is 0 Å². The molecule has 0 radical (unpaired) electrons. The molecule has 1 fully saturated rings. The maximum Gasteiger partial charge on any atom is 0.416 e. The SMILES string of the molecule is C[C@@H](OC[C@H]1CC(N)C(=O)N1)c1cc(C(F)(F)F)cc(C(F)(F)F)c1. The van der Waals surface area contributed by atoms with Crippen molar-refractivity contribution in [2.24, 2.45) is 5.73 Å². The van der Waals surface area contributed by atoms with Crippen LogP contribution in [0.2, 0.25) is 0 Å². The number of amides is 1. The zero-order valence-corrected chi connectivity index (χ0v) is 13.0. The van der Waals surface area contributed by atoms with Crippen molar-refractivity contribution in [2.75, 3.05) is 6.61 Å². The number of carbonyl (C=O) groups is 1. The molecule has 3 atom stereocenters. The Hall–Kier alpha value is -1.81. The van der Waals surface area contributed by atoms with E-state index in [0.29, 0.717) is 12.1 Å². The lowest BCUT2D eigenvalue weighted by atomic mass is 10.0. The minimum absolute atomic E-state index is 0.0619. The first-order valence-corrected chi connectivity index (χ1v) is 7.35. The Morgan fingerprint density at radius 3 is 2.08 bits per heavy atom. The van der Waals surface area contributed by atoms with Gasteiger partial charge in [-0.3, -0.25) is 4.79 Å². The van der Waals surface area contributed by atoms with Gasteiger partial charge in [-0.05, 0) is 37.1 Å². The average molecular weight is 370 g/mol. The Morgan fingerprint density at radius 1 is 1.16 bits per heavy atom. The number of benzene rings is 1. The van der Waals surface area contributed by atoms with Crippen molar-refractivity contribution in [2.45, 2.75) is 43.9 Å². The van der Waals surface area contributed by atoms with Crippen LogP contribution in [0.15, 0.2) is 18.2 Å². The lowest BCUT2D eigenvalue weighted by molar-refractivity contribution is -0.143. The Balaban J connectivity index is 2.17. The van der Waals surface area contributed by atoms with Gasteiger partial charge in [-0.1, -0.05) is 0 Å². The molecular formula is C15H16F6N2O2. The van der Waals surface area contributed by atoms with Crippen molar-refractivity contribution in [3.05, 3.63) is 34.9 Å². The lowest BCUT2D eigenvalue weighted by Gasteiger charge is -2.20. The molecule has 0 aliphatic carbocycles. The maximum atomic E-state index is 12.8. The van der Waals surface area contributed by atoms with Crippen LogP contribution in [0.1, 0.15) is 36.1 Å². The molecule has 1 aliphatic rings. The second-order valence-corrected chi connectivity index (χ2v) is 5.86. The summed E-state index contributed by atoms with van der Waals surface area (Å²) in [7, 11) is 0. The zero-order valence-electron chi connectivity index (χ0n) is 13.0. The summed E-state index contributed by atoms with van der Waals surface area (Å²) in [5.41, 5.74) is 2.45. The van der Waals surface area contributed by atoms with E-state index >= 15 is 0 Å². The van der Waals surface area contributed by atoms with Crippen molar-refractivity contribution in [3.63, 3.8) is 0 Å². The fourth-order valence-corrected chi connectivity index (χ4v) is 2.46. The number of halogens is 6. The molecule has 1 heterocycles. The molecule has 1 aromatic rings. The highest BCUT2D eigenvalue weighted by molar-refractivity contribution is 5.84. The molecule has 10 heteroatoms. The van der Waals surface area contributed by atoms with Crippen LogP contribution in [0.3, 0.4) is 0 Å². The van der Waals surface area contributed by atoms with Gasteiger partial charge in [-0.25, -0.2) is 0 Å². The van der Waals surface area contributed by atoms with Gasteiger partial charge in [0, 0.05) is 0 Å². The van der Waals surface area contributed by atoms with Crippen molar-refractivity contribution >= 4 is 5.91 Å². The van der Waals surface area contributed by atoms with Crippen LogP contribution in [0, 0.1) is 0 Å². The summed E-state index contributed by atoms with van der Waals surface area (Å²) in [6.07, 6.45) is -10.6.